The molecule has 27 heavy (non-hydrogen) atoms. The SMILES string of the molecule is CN(C)c1cccc(NC(=O)c2cc(Br)ccc2OCc2ccccc2)c1. The molecule has 0 radical (unpaired) electrons. The van der Waals surface area contributed by atoms with E-state index in [4.69, 9.17) is 4.74 Å². The Morgan fingerprint density at radius 3 is 2.52 bits per heavy atom. The molecule has 3 rings (SSSR count). The lowest BCUT2D eigenvalue weighted by Crippen LogP contribution is -2.15. The Kier molecular flexibility index (Phi) is 6.14. The summed E-state index contributed by atoms with van der Waals surface area (Å²) in [7, 11) is 3.93. The number of anilines is 2. The number of hydrogen-bond donors (Lipinski definition) is 1. The lowest BCUT2D eigenvalue weighted by molar-refractivity contribution is 0.102. The van der Waals surface area contributed by atoms with Crippen molar-refractivity contribution in [2.75, 3.05) is 24.3 Å². The maximum Gasteiger partial charge on any atom is 0.259 e. The lowest BCUT2D eigenvalue weighted by atomic mass is 10.1. The van der Waals surface area contributed by atoms with Crippen molar-refractivity contribution in [2.45, 2.75) is 6.61 Å². The molecule has 1 amide bonds. The summed E-state index contributed by atoms with van der Waals surface area (Å²) in [6, 6.07) is 23.0. The summed E-state index contributed by atoms with van der Waals surface area (Å²) in [5, 5.41) is 2.95. The molecule has 3 aromatic rings. The van der Waals surface area contributed by atoms with Crippen LogP contribution < -0.4 is 15.0 Å². The molecule has 0 aromatic heterocycles. The van der Waals surface area contributed by atoms with Gasteiger partial charge in [-0.25, -0.2) is 0 Å². The van der Waals surface area contributed by atoms with E-state index in [-0.39, 0.29) is 5.91 Å². The number of ether oxygens (including phenoxy) is 1. The molecule has 1 N–H and O–H groups in total. The van der Waals surface area contributed by atoms with Crippen LogP contribution in [0, 0.1) is 0 Å². The molecule has 0 aliphatic heterocycles. The first-order valence-corrected chi connectivity index (χ1v) is 9.37. The number of nitrogens with zero attached hydrogens (tertiary/aromatic N) is 1. The van der Waals surface area contributed by atoms with Crippen LogP contribution in [-0.4, -0.2) is 20.0 Å². The van der Waals surface area contributed by atoms with Gasteiger partial charge in [0.2, 0.25) is 0 Å². The molecular weight excluding hydrogens is 404 g/mol. The molecule has 0 aliphatic carbocycles. The van der Waals surface area contributed by atoms with Crippen LogP contribution in [0.3, 0.4) is 0 Å². The number of hydrogen-bond acceptors (Lipinski definition) is 3. The van der Waals surface area contributed by atoms with Gasteiger partial charge in [-0.2, -0.15) is 0 Å². The van der Waals surface area contributed by atoms with Crippen molar-refractivity contribution in [1.29, 1.82) is 0 Å². The van der Waals surface area contributed by atoms with Crippen molar-refractivity contribution in [2.24, 2.45) is 0 Å². The quantitative estimate of drug-likeness (QED) is 0.579. The van der Waals surface area contributed by atoms with E-state index in [2.05, 4.69) is 21.2 Å². The zero-order chi connectivity index (χ0) is 19.2. The Labute approximate surface area is 167 Å². The van der Waals surface area contributed by atoms with Crippen LogP contribution in [0.1, 0.15) is 15.9 Å². The Hall–Kier alpha value is -2.79. The minimum Gasteiger partial charge on any atom is -0.488 e. The number of benzene rings is 3. The van der Waals surface area contributed by atoms with E-state index in [1.54, 1.807) is 12.1 Å². The molecule has 0 spiro atoms. The van der Waals surface area contributed by atoms with Gasteiger partial charge in [-0.3, -0.25) is 4.79 Å². The molecule has 0 atom stereocenters. The van der Waals surface area contributed by atoms with Crippen molar-refractivity contribution in [3.05, 3.63) is 88.4 Å². The topological polar surface area (TPSA) is 41.6 Å². The average Bonchev–Trinajstić information content (AvgIpc) is 2.68. The van der Waals surface area contributed by atoms with Crippen LogP contribution >= 0.6 is 15.9 Å². The minimum absolute atomic E-state index is 0.213. The highest BCUT2D eigenvalue weighted by Gasteiger charge is 2.14. The van der Waals surface area contributed by atoms with Crippen LogP contribution in [0.25, 0.3) is 0 Å². The minimum atomic E-state index is -0.213. The van der Waals surface area contributed by atoms with Crippen molar-refractivity contribution < 1.29 is 9.53 Å². The van der Waals surface area contributed by atoms with E-state index in [0.717, 1.165) is 21.4 Å². The maximum atomic E-state index is 12.9. The van der Waals surface area contributed by atoms with E-state index in [1.807, 2.05) is 79.7 Å². The molecule has 3 aromatic carbocycles. The fraction of sp³-hybridized carbons (Fsp3) is 0.136. The second-order valence-corrected chi connectivity index (χ2v) is 7.23. The maximum absolute atomic E-state index is 12.9. The largest absolute Gasteiger partial charge is 0.488 e. The van der Waals surface area contributed by atoms with Gasteiger partial charge in [-0.05, 0) is 42.0 Å². The summed E-state index contributed by atoms with van der Waals surface area (Å²) >= 11 is 3.43. The Balaban J connectivity index is 1.79. The highest BCUT2D eigenvalue weighted by Crippen LogP contribution is 2.26. The number of halogens is 1. The molecule has 138 valence electrons. The summed E-state index contributed by atoms with van der Waals surface area (Å²) in [5.74, 6) is 0.332. The molecule has 0 saturated carbocycles. The predicted octanol–water partition coefficient (Wildman–Crippen LogP) is 5.35. The molecule has 4 nitrogen and oxygen atoms in total. The van der Waals surface area contributed by atoms with E-state index in [0.29, 0.717) is 17.9 Å². The molecule has 0 bridgehead atoms. The van der Waals surface area contributed by atoms with Gasteiger partial charge >= 0.3 is 0 Å². The zero-order valence-electron chi connectivity index (χ0n) is 15.3. The summed E-state index contributed by atoms with van der Waals surface area (Å²) in [6.45, 7) is 0.402. The first-order valence-electron chi connectivity index (χ1n) is 8.58. The van der Waals surface area contributed by atoms with Gasteiger partial charge in [0, 0.05) is 29.9 Å². The van der Waals surface area contributed by atoms with Crippen molar-refractivity contribution >= 4 is 33.2 Å². The molecule has 5 heteroatoms. The lowest BCUT2D eigenvalue weighted by Gasteiger charge is -2.15. The molecule has 0 heterocycles. The Morgan fingerprint density at radius 1 is 1.00 bits per heavy atom. The van der Waals surface area contributed by atoms with E-state index >= 15 is 0 Å². The van der Waals surface area contributed by atoms with Gasteiger partial charge in [-0.1, -0.05) is 52.3 Å². The van der Waals surface area contributed by atoms with Crippen LogP contribution in [0.4, 0.5) is 11.4 Å². The van der Waals surface area contributed by atoms with Gasteiger partial charge in [0.1, 0.15) is 12.4 Å². The number of carbonyl (C=O) groups is 1. The predicted molar refractivity (Wildman–Crippen MR) is 114 cm³/mol. The third-order valence-corrected chi connectivity index (χ3v) is 4.54. The third-order valence-electron chi connectivity index (χ3n) is 4.04. The van der Waals surface area contributed by atoms with Gasteiger partial charge in [0.15, 0.2) is 0 Å². The Morgan fingerprint density at radius 2 is 1.78 bits per heavy atom. The Bertz CT molecular complexity index is 927. The summed E-state index contributed by atoms with van der Waals surface area (Å²) in [5.41, 5.74) is 3.28. The molecular formula is C22H21BrN2O2. The fourth-order valence-electron chi connectivity index (χ4n) is 2.60. The zero-order valence-corrected chi connectivity index (χ0v) is 16.9. The van der Waals surface area contributed by atoms with E-state index in [1.165, 1.54) is 0 Å². The number of rotatable bonds is 6. The van der Waals surface area contributed by atoms with Crippen LogP contribution in [0.15, 0.2) is 77.3 Å². The molecule has 0 saturated heterocycles. The van der Waals surface area contributed by atoms with Crippen LogP contribution in [0.2, 0.25) is 0 Å². The van der Waals surface area contributed by atoms with Crippen LogP contribution in [-0.2, 0) is 6.61 Å². The van der Waals surface area contributed by atoms with Crippen molar-refractivity contribution in [3.8, 4) is 5.75 Å². The first kappa shape index (κ1) is 19.0. The molecule has 0 fully saturated rings. The van der Waals surface area contributed by atoms with Crippen molar-refractivity contribution in [1.82, 2.24) is 0 Å². The fourth-order valence-corrected chi connectivity index (χ4v) is 2.96. The average molecular weight is 425 g/mol. The standard InChI is InChI=1S/C22H21BrN2O2/c1-25(2)19-10-6-9-18(14-19)24-22(26)20-13-17(23)11-12-21(20)27-15-16-7-4-3-5-8-16/h3-14H,15H2,1-2H3,(H,24,26). The molecule has 0 unspecified atom stereocenters. The van der Waals surface area contributed by atoms with Gasteiger partial charge in [0.05, 0.1) is 5.56 Å². The van der Waals surface area contributed by atoms with E-state index in [9.17, 15) is 4.79 Å². The van der Waals surface area contributed by atoms with Gasteiger partial charge < -0.3 is 15.0 Å². The number of nitrogens with one attached hydrogen (secondary N) is 1. The smallest absolute Gasteiger partial charge is 0.259 e. The second-order valence-electron chi connectivity index (χ2n) is 6.31. The summed E-state index contributed by atoms with van der Waals surface area (Å²) in [4.78, 5) is 14.8. The number of carbonyl (C=O) groups excluding carboxylic acids is 1. The summed E-state index contributed by atoms with van der Waals surface area (Å²) in [6.07, 6.45) is 0. The monoisotopic (exact) mass is 424 g/mol. The third kappa shape index (κ3) is 5.11. The van der Waals surface area contributed by atoms with Crippen molar-refractivity contribution in [3.63, 3.8) is 0 Å². The number of amides is 1. The molecule has 0 aliphatic rings. The second kappa shape index (κ2) is 8.73. The first-order chi connectivity index (χ1) is 13.0. The summed E-state index contributed by atoms with van der Waals surface area (Å²) < 4.78 is 6.73. The van der Waals surface area contributed by atoms with Gasteiger partial charge in [0.25, 0.3) is 5.91 Å². The highest BCUT2D eigenvalue weighted by molar-refractivity contribution is 9.10. The van der Waals surface area contributed by atoms with Gasteiger partial charge in [-0.15, -0.1) is 0 Å². The highest BCUT2D eigenvalue weighted by atomic mass is 79.9. The normalized spacial score (nSPS) is 10.3. The van der Waals surface area contributed by atoms with E-state index < -0.39 is 0 Å². The van der Waals surface area contributed by atoms with Crippen LogP contribution in [0.5, 0.6) is 5.75 Å².